The average molecular weight is 301 g/mol. The molecule has 0 amide bonds. The fraction of sp³-hybridized carbons (Fsp3) is 0.312. The standard InChI is InChI=1S/C16H16FN3S/c1-9-7-11(17)3-6-13(9)15-14(8-21)16(19-10(2)18-15)20-12-4-5-12/h3,6-8,12H,4-5H2,1-2H3,(H,18,19,20). The number of rotatable bonds is 4. The van der Waals surface area contributed by atoms with Gasteiger partial charge in [0, 0.05) is 17.0 Å². The molecule has 1 fully saturated rings. The minimum Gasteiger partial charge on any atom is -0.367 e. The van der Waals surface area contributed by atoms with E-state index in [0.29, 0.717) is 11.9 Å². The third-order valence-corrected chi connectivity index (χ3v) is 3.77. The average Bonchev–Trinajstić information content (AvgIpc) is 3.22. The van der Waals surface area contributed by atoms with Crippen LogP contribution in [-0.4, -0.2) is 21.4 Å². The van der Waals surface area contributed by atoms with Gasteiger partial charge in [-0.2, -0.15) is 0 Å². The van der Waals surface area contributed by atoms with E-state index < -0.39 is 0 Å². The fourth-order valence-corrected chi connectivity index (χ4v) is 2.55. The summed E-state index contributed by atoms with van der Waals surface area (Å²) < 4.78 is 13.3. The zero-order chi connectivity index (χ0) is 15.0. The summed E-state index contributed by atoms with van der Waals surface area (Å²) in [6.07, 6.45) is 2.32. The Morgan fingerprint density at radius 1 is 1.29 bits per heavy atom. The summed E-state index contributed by atoms with van der Waals surface area (Å²) in [5.74, 6) is 1.21. The third kappa shape index (κ3) is 2.93. The van der Waals surface area contributed by atoms with Crippen LogP contribution in [0.2, 0.25) is 0 Å². The summed E-state index contributed by atoms with van der Waals surface area (Å²) in [4.78, 5) is 8.98. The van der Waals surface area contributed by atoms with Gasteiger partial charge in [-0.1, -0.05) is 12.2 Å². The Kier molecular flexibility index (Phi) is 3.68. The maximum Gasteiger partial charge on any atom is 0.138 e. The van der Waals surface area contributed by atoms with Gasteiger partial charge in [0.25, 0.3) is 0 Å². The highest BCUT2D eigenvalue weighted by Gasteiger charge is 2.24. The van der Waals surface area contributed by atoms with E-state index in [1.54, 1.807) is 11.4 Å². The highest BCUT2D eigenvalue weighted by Crippen LogP contribution is 2.31. The summed E-state index contributed by atoms with van der Waals surface area (Å²) >= 11 is 5.16. The molecule has 0 unspecified atom stereocenters. The van der Waals surface area contributed by atoms with Gasteiger partial charge in [0.1, 0.15) is 17.5 Å². The molecule has 1 aromatic carbocycles. The predicted molar refractivity (Wildman–Crippen MR) is 86.3 cm³/mol. The Hall–Kier alpha value is -1.88. The number of thiocarbonyl (C=S) groups is 1. The first-order valence-corrected chi connectivity index (χ1v) is 7.42. The van der Waals surface area contributed by atoms with Crippen LogP contribution < -0.4 is 5.32 Å². The number of nitrogens with one attached hydrogen (secondary N) is 1. The van der Waals surface area contributed by atoms with Gasteiger partial charge in [-0.05, 0) is 50.5 Å². The van der Waals surface area contributed by atoms with Crippen molar-refractivity contribution in [3.63, 3.8) is 0 Å². The maximum absolute atomic E-state index is 13.3. The SMILES string of the molecule is Cc1nc(NC2CC2)c(C=S)c(-c2ccc(F)cc2C)n1. The van der Waals surface area contributed by atoms with E-state index in [1.807, 2.05) is 13.8 Å². The van der Waals surface area contributed by atoms with Gasteiger partial charge >= 0.3 is 0 Å². The molecule has 21 heavy (non-hydrogen) atoms. The van der Waals surface area contributed by atoms with E-state index in [-0.39, 0.29) is 5.82 Å². The van der Waals surface area contributed by atoms with Crippen LogP contribution in [0.25, 0.3) is 11.3 Å². The Labute approximate surface area is 128 Å². The van der Waals surface area contributed by atoms with Crippen molar-refractivity contribution in [1.82, 2.24) is 9.97 Å². The molecule has 0 spiro atoms. The molecular formula is C16H16FN3S. The van der Waals surface area contributed by atoms with Crippen LogP contribution in [0.1, 0.15) is 29.8 Å². The second kappa shape index (κ2) is 5.48. The molecule has 1 aliphatic rings. The van der Waals surface area contributed by atoms with Gasteiger partial charge in [-0.25, -0.2) is 14.4 Å². The zero-order valence-electron chi connectivity index (χ0n) is 12.0. The van der Waals surface area contributed by atoms with Gasteiger partial charge in [0.2, 0.25) is 0 Å². The topological polar surface area (TPSA) is 37.8 Å². The van der Waals surface area contributed by atoms with Crippen LogP contribution in [0.4, 0.5) is 10.2 Å². The molecule has 108 valence electrons. The van der Waals surface area contributed by atoms with Crippen molar-refractivity contribution in [3.8, 4) is 11.3 Å². The van der Waals surface area contributed by atoms with E-state index in [2.05, 4.69) is 15.3 Å². The molecule has 1 aliphatic carbocycles. The smallest absolute Gasteiger partial charge is 0.138 e. The summed E-state index contributed by atoms with van der Waals surface area (Å²) in [6.45, 7) is 3.73. The van der Waals surface area contributed by atoms with Crippen LogP contribution in [0.5, 0.6) is 0 Å². The second-order valence-corrected chi connectivity index (χ2v) is 5.61. The van der Waals surface area contributed by atoms with Gasteiger partial charge in [-0.15, -0.1) is 0 Å². The third-order valence-electron chi connectivity index (χ3n) is 3.54. The van der Waals surface area contributed by atoms with Crippen LogP contribution in [0, 0.1) is 19.7 Å². The first-order valence-electron chi connectivity index (χ1n) is 6.95. The molecule has 2 aromatic rings. The molecule has 3 nitrogen and oxygen atoms in total. The lowest BCUT2D eigenvalue weighted by Crippen LogP contribution is -2.10. The minimum atomic E-state index is -0.248. The number of hydrogen-bond donors (Lipinski definition) is 1. The molecule has 1 N–H and O–H groups in total. The molecule has 0 atom stereocenters. The molecule has 1 heterocycles. The van der Waals surface area contributed by atoms with Crippen LogP contribution in [0.3, 0.4) is 0 Å². The van der Waals surface area contributed by atoms with Crippen LogP contribution in [-0.2, 0) is 0 Å². The summed E-state index contributed by atoms with van der Waals surface area (Å²) in [5.41, 5.74) is 3.29. The van der Waals surface area contributed by atoms with E-state index in [4.69, 9.17) is 12.2 Å². The van der Waals surface area contributed by atoms with Gasteiger partial charge in [-0.3, -0.25) is 0 Å². The summed E-state index contributed by atoms with van der Waals surface area (Å²) in [6, 6.07) is 5.18. The first kappa shape index (κ1) is 14.1. The van der Waals surface area contributed by atoms with Crippen molar-refractivity contribution < 1.29 is 4.39 Å². The largest absolute Gasteiger partial charge is 0.367 e. The number of hydrogen-bond acceptors (Lipinski definition) is 4. The molecule has 1 saturated carbocycles. The highest BCUT2D eigenvalue weighted by molar-refractivity contribution is 7.79. The number of anilines is 1. The van der Waals surface area contributed by atoms with E-state index in [1.165, 1.54) is 12.1 Å². The number of benzene rings is 1. The Morgan fingerprint density at radius 3 is 2.67 bits per heavy atom. The predicted octanol–water partition coefficient (Wildman–Crippen LogP) is 3.82. The van der Waals surface area contributed by atoms with Crippen molar-refractivity contribution in [1.29, 1.82) is 0 Å². The number of aromatic nitrogens is 2. The molecule has 0 bridgehead atoms. The Bertz CT molecular complexity index is 711. The van der Waals surface area contributed by atoms with Crippen LogP contribution >= 0.6 is 12.2 Å². The second-order valence-electron chi connectivity index (χ2n) is 5.38. The molecule has 1 aromatic heterocycles. The van der Waals surface area contributed by atoms with Crippen molar-refractivity contribution in [2.24, 2.45) is 0 Å². The summed E-state index contributed by atoms with van der Waals surface area (Å²) in [5, 5.41) is 4.99. The highest BCUT2D eigenvalue weighted by atomic mass is 32.1. The lowest BCUT2D eigenvalue weighted by atomic mass is 10.0. The van der Waals surface area contributed by atoms with Gasteiger partial charge in [0.05, 0.1) is 11.3 Å². The van der Waals surface area contributed by atoms with Crippen LogP contribution in [0.15, 0.2) is 18.2 Å². The van der Waals surface area contributed by atoms with Gasteiger partial charge in [0.15, 0.2) is 0 Å². The Morgan fingerprint density at radius 2 is 2.05 bits per heavy atom. The summed E-state index contributed by atoms with van der Waals surface area (Å²) in [7, 11) is 0. The molecular weight excluding hydrogens is 285 g/mol. The maximum atomic E-state index is 13.3. The number of halogens is 1. The van der Waals surface area contributed by atoms with E-state index in [0.717, 1.165) is 41.0 Å². The quantitative estimate of drug-likeness (QED) is 0.871. The molecule has 3 rings (SSSR count). The fourth-order valence-electron chi connectivity index (χ4n) is 2.32. The molecule has 0 saturated heterocycles. The molecule has 0 aliphatic heterocycles. The normalized spacial score (nSPS) is 14.0. The minimum absolute atomic E-state index is 0.248. The van der Waals surface area contributed by atoms with Crippen molar-refractivity contribution >= 4 is 23.4 Å². The monoisotopic (exact) mass is 301 g/mol. The van der Waals surface area contributed by atoms with E-state index in [9.17, 15) is 4.39 Å². The number of nitrogens with zero attached hydrogens (tertiary/aromatic N) is 2. The number of aryl methyl sites for hydroxylation is 2. The first-order chi connectivity index (χ1) is 10.1. The van der Waals surface area contributed by atoms with Crippen molar-refractivity contribution in [2.45, 2.75) is 32.7 Å². The lowest BCUT2D eigenvalue weighted by molar-refractivity contribution is 0.627. The van der Waals surface area contributed by atoms with Crippen molar-refractivity contribution in [3.05, 3.63) is 41.0 Å². The lowest BCUT2D eigenvalue weighted by Gasteiger charge is -2.14. The molecule has 5 heteroatoms. The van der Waals surface area contributed by atoms with Crippen molar-refractivity contribution in [2.75, 3.05) is 5.32 Å². The molecule has 0 radical (unpaired) electrons. The van der Waals surface area contributed by atoms with Gasteiger partial charge < -0.3 is 5.32 Å². The van der Waals surface area contributed by atoms with E-state index >= 15 is 0 Å². The Balaban J connectivity index is 2.15. The zero-order valence-corrected chi connectivity index (χ0v) is 12.8.